The van der Waals surface area contributed by atoms with Crippen LogP contribution in [0, 0.1) is 5.82 Å². The van der Waals surface area contributed by atoms with Crippen molar-refractivity contribution in [2.75, 3.05) is 38.1 Å². The second-order valence-electron chi connectivity index (χ2n) is 5.16. The Morgan fingerprint density at radius 3 is 2.19 bits per heavy atom. The molecule has 0 fully saturated rings. The maximum atomic E-state index is 12.8. The first-order valence-electron chi connectivity index (χ1n) is 7.67. The Hall–Kier alpha value is -3.13. The molecular formula is C18H19FN2O5. The summed E-state index contributed by atoms with van der Waals surface area (Å²) in [5.74, 6) is -0.264. The van der Waals surface area contributed by atoms with E-state index in [1.165, 1.54) is 38.5 Å². The highest BCUT2D eigenvalue weighted by Gasteiger charge is 2.10. The number of carbonyl (C=O) groups is 2. The highest BCUT2D eigenvalue weighted by molar-refractivity contribution is 5.94. The topological polar surface area (TPSA) is 85.9 Å². The molecule has 0 aromatic heterocycles. The molecule has 0 radical (unpaired) electrons. The van der Waals surface area contributed by atoms with Gasteiger partial charge >= 0.3 is 0 Å². The van der Waals surface area contributed by atoms with Gasteiger partial charge in [-0.05, 0) is 36.4 Å². The molecule has 2 rings (SSSR count). The van der Waals surface area contributed by atoms with Crippen molar-refractivity contribution in [1.29, 1.82) is 0 Å². The highest BCUT2D eigenvalue weighted by Crippen LogP contribution is 2.28. The lowest BCUT2D eigenvalue weighted by Gasteiger charge is -2.12. The van der Waals surface area contributed by atoms with Crippen molar-refractivity contribution in [3.05, 3.63) is 48.3 Å². The summed E-state index contributed by atoms with van der Waals surface area (Å²) in [6, 6.07) is 10.3. The van der Waals surface area contributed by atoms with Crippen LogP contribution >= 0.6 is 0 Å². The number of amides is 2. The molecule has 0 aliphatic heterocycles. The minimum atomic E-state index is -0.452. The summed E-state index contributed by atoms with van der Waals surface area (Å²) < 4.78 is 28.1. The van der Waals surface area contributed by atoms with Gasteiger partial charge in [-0.2, -0.15) is 0 Å². The second kappa shape index (κ2) is 9.38. The molecule has 0 saturated carbocycles. The molecule has 0 aliphatic rings. The largest absolute Gasteiger partial charge is 0.497 e. The van der Waals surface area contributed by atoms with E-state index in [-0.39, 0.29) is 13.2 Å². The van der Waals surface area contributed by atoms with E-state index in [2.05, 4.69) is 10.6 Å². The summed E-state index contributed by atoms with van der Waals surface area (Å²) in [6.07, 6.45) is 0. The summed E-state index contributed by atoms with van der Waals surface area (Å²) in [5, 5.41) is 5.15. The van der Waals surface area contributed by atoms with Crippen LogP contribution in [0.3, 0.4) is 0 Å². The van der Waals surface area contributed by atoms with E-state index < -0.39 is 17.6 Å². The minimum Gasteiger partial charge on any atom is -0.497 e. The Morgan fingerprint density at radius 2 is 1.58 bits per heavy atom. The number of hydrogen-bond donors (Lipinski definition) is 2. The second-order valence-corrected chi connectivity index (χ2v) is 5.16. The van der Waals surface area contributed by atoms with Crippen LogP contribution in [0.15, 0.2) is 42.5 Å². The van der Waals surface area contributed by atoms with Gasteiger partial charge in [-0.3, -0.25) is 9.59 Å². The van der Waals surface area contributed by atoms with Gasteiger partial charge in [0.1, 0.15) is 30.5 Å². The molecule has 0 atom stereocenters. The molecule has 2 N–H and O–H groups in total. The number of methoxy groups -OCH3 is 2. The summed E-state index contributed by atoms with van der Waals surface area (Å²) in [4.78, 5) is 23.6. The van der Waals surface area contributed by atoms with Crippen LogP contribution < -0.4 is 20.1 Å². The molecule has 0 bridgehead atoms. The van der Waals surface area contributed by atoms with Gasteiger partial charge in [0, 0.05) is 11.8 Å². The van der Waals surface area contributed by atoms with E-state index in [0.717, 1.165) is 0 Å². The SMILES string of the molecule is COc1ccc(NC(=O)COCC(=O)Nc2ccc(F)cc2)c(OC)c1. The fraction of sp³-hybridized carbons (Fsp3) is 0.222. The molecule has 2 aromatic rings. The van der Waals surface area contributed by atoms with Crippen LogP contribution in [0.4, 0.5) is 15.8 Å². The average molecular weight is 362 g/mol. The monoisotopic (exact) mass is 362 g/mol. The first-order chi connectivity index (χ1) is 12.5. The Kier molecular flexibility index (Phi) is 6.92. The molecule has 0 saturated heterocycles. The van der Waals surface area contributed by atoms with Crippen molar-refractivity contribution in [3.8, 4) is 11.5 Å². The van der Waals surface area contributed by atoms with Crippen molar-refractivity contribution in [2.24, 2.45) is 0 Å². The Labute approximate surface area is 150 Å². The predicted molar refractivity (Wildman–Crippen MR) is 94.0 cm³/mol. The van der Waals surface area contributed by atoms with E-state index in [0.29, 0.717) is 22.9 Å². The van der Waals surface area contributed by atoms with Crippen LogP contribution in [0.5, 0.6) is 11.5 Å². The van der Waals surface area contributed by atoms with Crippen molar-refractivity contribution < 1.29 is 28.2 Å². The van der Waals surface area contributed by atoms with Gasteiger partial charge in [-0.25, -0.2) is 4.39 Å². The molecule has 2 amide bonds. The number of anilines is 2. The third kappa shape index (κ3) is 5.75. The van der Waals surface area contributed by atoms with E-state index in [1.54, 1.807) is 18.2 Å². The van der Waals surface area contributed by atoms with E-state index in [9.17, 15) is 14.0 Å². The molecule has 0 spiro atoms. The molecule has 26 heavy (non-hydrogen) atoms. The fourth-order valence-corrected chi connectivity index (χ4v) is 2.05. The Morgan fingerprint density at radius 1 is 0.923 bits per heavy atom. The van der Waals surface area contributed by atoms with Crippen molar-refractivity contribution in [2.45, 2.75) is 0 Å². The number of rotatable bonds is 8. The van der Waals surface area contributed by atoms with Gasteiger partial charge in [-0.15, -0.1) is 0 Å². The van der Waals surface area contributed by atoms with E-state index >= 15 is 0 Å². The fourth-order valence-electron chi connectivity index (χ4n) is 2.05. The smallest absolute Gasteiger partial charge is 0.250 e. The quantitative estimate of drug-likeness (QED) is 0.753. The van der Waals surface area contributed by atoms with Crippen molar-refractivity contribution >= 4 is 23.2 Å². The van der Waals surface area contributed by atoms with Gasteiger partial charge < -0.3 is 24.8 Å². The molecular weight excluding hydrogens is 343 g/mol. The summed E-state index contributed by atoms with van der Waals surface area (Å²) >= 11 is 0. The van der Waals surface area contributed by atoms with E-state index in [4.69, 9.17) is 14.2 Å². The van der Waals surface area contributed by atoms with Gasteiger partial charge in [0.2, 0.25) is 11.8 Å². The standard InChI is InChI=1S/C18H19FN2O5/c1-24-14-7-8-15(16(9-14)25-2)21-18(23)11-26-10-17(22)20-13-5-3-12(19)4-6-13/h3-9H,10-11H2,1-2H3,(H,20,22)(H,21,23). The number of ether oxygens (including phenoxy) is 3. The number of nitrogens with one attached hydrogen (secondary N) is 2. The summed E-state index contributed by atoms with van der Waals surface area (Å²) in [7, 11) is 3.00. The molecule has 0 heterocycles. The molecule has 2 aromatic carbocycles. The maximum absolute atomic E-state index is 12.8. The molecule has 0 unspecified atom stereocenters. The van der Waals surface area contributed by atoms with Crippen LogP contribution in [0.2, 0.25) is 0 Å². The van der Waals surface area contributed by atoms with Crippen LogP contribution in [0.1, 0.15) is 0 Å². The highest BCUT2D eigenvalue weighted by atomic mass is 19.1. The first kappa shape index (κ1) is 19.2. The lowest BCUT2D eigenvalue weighted by Crippen LogP contribution is -2.24. The number of benzene rings is 2. The zero-order chi connectivity index (χ0) is 18.9. The normalized spacial score (nSPS) is 10.1. The molecule has 138 valence electrons. The van der Waals surface area contributed by atoms with Crippen molar-refractivity contribution in [1.82, 2.24) is 0 Å². The van der Waals surface area contributed by atoms with Gasteiger partial charge in [0.05, 0.1) is 19.9 Å². The summed E-state index contributed by atoms with van der Waals surface area (Å²) in [6.45, 7) is -0.628. The van der Waals surface area contributed by atoms with Gasteiger partial charge in [0.25, 0.3) is 0 Å². The number of hydrogen-bond acceptors (Lipinski definition) is 5. The van der Waals surface area contributed by atoms with E-state index in [1.807, 2.05) is 0 Å². The zero-order valence-electron chi connectivity index (χ0n) is 14.4. The Balaban J connectivity index is 1.78. The average Bonchev–Trinajstić information content (AvgIpc) is 2.64. The number of carbonyl (C=O) groups excluding carboxylic acids is 2. The third-order valence-corrected chi connectivity index (χ3v) is 3.28. The third-order valence-electron chi connectivity index (χ3n) is 3.28. The molecule has 7 nitrogen and oxygen atoms in total. The summed E-state index contributed by atoms with van der Waals surface area (Å²) in [5.41, 5.74) is 0.894. The lowest BCUT2D eigenvalue weighted by molar-refractivity contribution is -0.125. The number of halogens is 1. The zero-order valence-corrected chi connectivity index (χ0v) is 14.4. The van der Waals surface area contributed by atoms with Gasteiger partial charge in [0.15, 0.2) is 0 Å². The van der Waals surface area contributed by atoms with Gasteiger partial charge in [-0.1, -0.05) is 0 Å². The predicted octanol–water partition coefficient (Wildman–Crippen LogP) is 2.44. The molecule has 8 heteroatoms. The molecule has 0 aliphatic carbocycles. The van der Waals surface area contributed by atoms with Crippen LogP contribution in [0.25, 0.3) is 0 Å². The maximum Gasteiger partial charge on any atom is 0.250 e. The lowest BCUT2D eigenvalue weighted by atomic mass is 10.2. The van der Waals surface area contributed by atoms with Crippen molar-refractivity contribution in [3.63, 3.8) is 0 Å². The minimum absolute atomic E-state index is 0.313. The van der Waals surface area contributed by atoms with Crippen LogP contribution in [-0.2, 0) is 14.3 Å². The van der Waals surface area contributed by atoms with Crippen LogP contribution in [-0.4, -0.2) is 39.2 Å². The first-order valence-corrected chi connectivity index (χ1v) is 7.67. The Bertz CT molecular complexity index is 765.